The van der Waals surface area contributed by atoms with Crippen molar-refractivity contribution in [2.75, 3.05) is 27.2 Å². The van der Waals surface area contributed by atoms with Crippen LogP contribution in [-0.4, -0.2) is 55.0 Å². The molecule has 2 N–H and O–H groups in total. The number of amides is 1. The molecule has 3 atom stereocenters. The van der Waals surface area contributed by atoms with Crippen LogP contribution in [0.5, 0.6) is 0 Å². The second kappa shape index (κ2) is 6.58. The standard InChI is InChI=1S/C17H27N3O/c1-12(2)16(19(3)4)17(21)20-10-14(15(18)11-20)13-8-6-5-7-9-13/h5-9,12,14-16H,10-11,18H2,1-4H3/t14-,15+,16-/m0/s1. The first-order valence-corrected chi connectivity index (χ1v) is 7.67. The highest BCUT2D eigenvalue weighted by Gasteiger charge is 2.37. The summed E-state index contributed by atoms with van der Waals surface area (Å²) >= 11 is 0. The highest BCUT2D eigenvalue weighted by Crippen LogP contribution is 2.27. The topological polar surface area (TPSA) is 49.6 Å². The van der Waals surface area contributed by atoms with Crippen LogP contribution in [-0.2, 0) is 4.79 Å². The van der Waals surface area contributed by atoms with E-state index in [4.69, 9.17) is 5.73 Å². The predicted molar refractivity (Wildman–Crippen MR) is 86.1 cm³/mol. The molecule has 0 aromatic heterocycles. The average Bonchev–Trinajstić information content (AvgIpc) is 2.81. The lowest BCUT2D eigenvalue weighted by Crippen LogP contribution is -2.48. The molecule has 0 bridgehead atoms. The van der Waals surface area contributed by atoms with Gasteiger partial charge in [0.25, 0.3) is 0 Å². The summed E-state index contributed by atoms with van der Waals surface area (Å²) in [5.74, 6) is 0.730. The Hall–Kier alpha value is -1.39. The summed E-state index contributed by atoms with van der Waals surface area (Å²) < 4.78 is 0. The molecular formula is C17H27N3O. The minimum Gasteiger partial charge on any atom is -0.339 e. The molecule has 0 spiro atoms. The predicted octanol–water partition coefficient (Wildman–Crippen LogP) is 1.53. The molecule has 1 fully saturated rings. The van der Waals surface area contributed by atoms with Crippen molar-refractivity contribution in [3.8, 4) is 0 Å². The number of carbonyl (C=O) groups is 1. The molecule has 1 aromatic rings. The Kier molecular flexibility index (Phi) is 5.01. The van der Waals surface area contributed by atoms with Crippen LogP contribution in [0.15, 0.2) is 30.3 Å². The van der Waals surface area contributed by atoms with Crippen molar-refractivity contribution < 1.29 is 4.79 Å². The molecule has 1 amide bonds. The van der Waals surface area contributed by atoms with E-state index in [9.17, 15) is 4.79 Å². The second-order valence-electron chi connectivity index (χ2n) is 6.58. The summed E-state index contributed by atoms with van der Waals surface area (Å²) in [6.07, 6.45) is 0. The Balaban J connectivity index is 2.12. The van der Waals surface area contributed by atoms with E-state index in [1.165, 1.54) is 5.56 Å². The zero-order chi connectivity index (χ0) is 15.6. The Morgan fingerprint density at radius 1 is 1.24 bits per heavy atom. The van der Waals surface area contributed by atoms with Gasteiger partial charge in [-0.15, -0.1) is 0 Å². The van der Waals surface area contributed by atoms with Crippen LogP contribution in [0, 0.1) is 5.92 Å². The van der Waals surface area contributed by atoms with E-state index in [0.717, 1.165) is 6.54 Å². The highest BCUT2D eigenvalue weighted by atomic mass is 16.2. The third kappa shape index (κ3) is 3.44. The summed E-state index contributed by atoms with van der Waals surface area (Å²) in [6.45, 7) is 5.55. The van der Waals surface area contributed by atoms with Gasteiger partial charge < -0.3 is 10.6 Å². The molecule has 0 aliphatic carbocycles. The summed E-state index contributed by atoms with van der Waals surface area (Å²) in [5.41, 5.74) is 7.51. The van der Waals surface area contributed by atoms with E-state index in [1.54, 1.807) is 0 Å². The van der Waals surface area contributed by atoms with Gasteiger partial charge in [0.1, 0.15) is 0 Å². The molecule has 116 valence electrons. The monoisotopic (exact) mass is 289 g/mol. The van der Waals surface area contributed by atoms with Crippen molar-refractivity contribution in [2.24, 2.45) is 11.7 Å². The third-order valence-corrected chi connectivity index (χ3v) is 4.35. The van der Waals surface area contributed by atoms with E-state index in [-0.39, 0.29) is 23.9 Å². The van der Waals surface area contributed by atoms with Crippen molar-refractivity contribution in [2.45, 2.75) is 31.8 Å². The van der Waals surface area contributed by atoms with Crippen LogP contribution in [0.4, 0.5) is 0 Å². The van der Waals surface area contributed by atoms with Crippen molar-refractivity contribution in [1.82, 2.24) is 9.80 Å². The van der Waals surface area contributed by atoms with E-state index in [2.05, 4.69) is 26.0 Å². The minimum absolute atomic E-state index is 0.0197. The van der Waals surface area contributed by atoms with Gasteiger partial charge in [-0.05, 0) is 25.6 Å². The van der Waals surface area contributed by atoms with E-state index < -0.39 is 0 Å². The molecule has 1 aliphatic rings. The molecule has 0 unspecified atom stereocenters. The maximum Gasteiger partial charge on any atom is 0.240 e. The molecule has 0 radical (unpaired) electrons. The lowest BCUT2D eigenvalue weighted by Gasteiger charge is -2.30. The lowest BCUT2D eigenvalue weighted by atomic mass is 9.95. The van der Waals surface area contributed by atoms with Crippen LogP contribution < -0.4 is 5.73 Å². The molecule has 0 saturated carbocycles. The SMILES string of the molecule is CC(C)[C@@H](C(=O)N1C[C@@H](N)[C@H](c2ccccc2)C1)N(C)C. The van der Waals surface area contributed by atoms with Crippen molar-refractivity contribution in [1.29, 1.82) is 0 Å². The molecule has 1 aromatic carbocycles. The molecule has 21 heavy (non-hydrogen) atoms. The fourth-order valence-corrected chi connectivity index (χ4v) is 3.35. The molecule has 4 nitrogen and oxygen atoms in total. The zero-order valence-corrected chi connectivity index (χ0v) is 13.5. The number of rotatable bonds is 4. The number of nitrogens with zero attached hydrogens (tertiary/aromatic N) is 2. The number of carbonyl (C=O) groups excluding carboxylic acids is 1. The van der Waals surface area contributed by atoms with E-state index >= 15 is 0 Å². The Bertz CT molecular complexity index is 464. The number of nitrogens with two attached hydrogens (primary N) is 1. The molecule has 1 saturated heterocycles. The average molecular weight is 289 g/mol. The van der Waals surface area contributed by atoms with Crippen LogP contribution in [0.25, 0.3) is 0 Å². The quantitative estimate of drug-likeness (QED) is 0.914. The fourth-order valence-electron chi connectivity index (χ4n) is 3.35. The van der Waals surface area contributed by atoms with Gasteiger partial charge in [-0.2, -0.15) is 0 Å². The third-order valence-electron chi connectivity index (χ3n) is 4.35. The first-order chi connectivity index (χ1) is 9.91. The lowest BCUT2D eigenvalue weighted by molar-refractivity contribution is -0.136. The molecule has 2 rings (SSSR count). The maximum absolute atomic E-state index is 12.8. The number of hydrogen-bond donors (Lipinski definition) is 1. The maximum atomic E-state index is 12.8. The van der Waals surface area contributed by atoms with Gasteiger partial charge in [-0.1, -0.05) is 44.2 Å². The minimum atomic E-state index is -0.0771. The second-order valence-corrected chi connectivity index (χ2v) is 6.58. The Morgan fingerprint density at radius 3 is 2.38 bits per heavy atom. The molecule has 1 aliphatic heterocycles. The van der Waals surface area contributed by atoms with Gasteiger partial charge in [0.15, 0.2) is 0 Å². The summed E-state index contributed by atoms with van der Waals surface area (Å²) in [7, 11) is 3.93. The largest absolute Gasteiger partial charge is 0.339 e. The van der Waals surface area contributed by atoms with Gasteiger partial charge in [0.05, 0.1) is 6.04 Å². The highest BCUT2D eigenvalue weighted by molar-refractivity contribution is 5.82. The van der Waals surface area contributed by atoms with Gasteiger partial charge in [-0.25, -0.2) is 0 Å². The van der Waals surface area contributed by atoms with Gasteiger partial charge in [0, 0.05) is 25.0 Å². The molecule has 1 heterocycles. The van der Waals surface area contributed by atoms with Gasteiger partial charge in [0.2, 0.25) is 5.91 Å². The van der Waals surface area contributed by atoms with Crippen LogP contribution in [0.1, 0.15) is 25.3 Å². The fraction of sp³-hybridized carbons (Fsp3) is 0.588. The summed E-state index contributed by atoms with van der Waals surface area (Å²) in [4.78, 5) is 16.7. The smallest absolute Gasteiger partial charge is 0.240 e. The van der Waals surface area contributed by atoms with Crippen LogP contribution in [0.2, 0.25) is 0 Å². The molecule has 4 heteroatoms. The van der Waals surface area contributed by atoms with E-state index in [0.29, 0.717) is 12.5 Å². The first-order valence-electron chi connectivity index (χ1n) is 7.67. The van der Waals surface area contributed by atoms with E-state index in [1.807, 2.05) is 42.1 Å². The number of benzene rings is 1. The summed E-state index contributed by atoms with van der Waals surface area (Å²) in [6, 6.07) is 10.2. The number of likely N-dealkylation sites (tertiary alicyclic amines) is 1. The molecular weight excluding hydrogens is 262 g/mol. The zero-order valence-electron chi connectivity index (χ0n) is 13.5. The van der Waals surface area contributed by atoms with Crippen molar-refractivity contribution in [3.05, 3.63) is 35.9 Å². The normalized spacial score (nSPS) is 23.9. The summed E-state index contributed by atoms with van der Waals surface area (Å²) in [5, 5.41) is 0. The van der Waals surface area contributed by atoms with Crippen LogP contribution >= 0.6 is 0 Å². The van der Waals surface area contributed by atoms with Crippen molar-refractivity contribution in [3.63, 3.8) is 0 Å². The number of likely N-dealkylation sites (N-methyl/N-ethyl adjacent to an activating group) is 1. The first kappa shape index (κ1) is 16.0. The van der Waals surface area contributed by atoms with Crippen molar-refractivity contribution >= 4 is 5.91 Å². The van der Waals surface area contributed by atoms with Crippen LogP contribution in [0.3, 0.4) is 0 Å². The Labute approximate surface area is 127 Å². The van der Waals surface area contributed by atoms with Gasteiger partial charge >= 0.3 is 0 Å². The Morgan fingerprint density at radius 2 is 1.86 bits per heavy atom. The van der Waals surface area contributed by atoms with Gasteiger partial charge in [-0.3, -0.25) is 9.69 Å². The number of hydrogen-bond acceptors (Lipinski definition) is 3.